The summed E-state index contributed by atoms with van der Waals surface area (Å²) in [5.74, 6) is 0.301. The predicted octanol–water partition coefficient (Wildman–Crippen LogP) is 2.39. The monoisotopic (exact) mass is 244 g/mol. The minimum atomic E-state index is 0.182. The van der Waals surface area contributed by atoms with E-state index >= 15 is 0 Å². The highest BCUT2D eigenvalue weighted by Crippen LogP contribution is 2.31. The SMILES string of the molecule is Cc1ccc(CCCO)c(Br)c1O. The lowest BCUT2D eigenvalue weighted by atomic mass is 10.1. The van der Waals surface area contributed by atoms with E-state index in [1.54, 1.807) is 0 Å². The molecule has 72 valence electrons. The normalized spacial score (nSPS) is 10.4. The third-order valence-corrected chi connectivity index (χ3v) is 2.89. The molecule has 0 bridgehead atoms. The van der Waals surface area contributed by atoms with Crippen molar-refractivity contribution in [1.82, 2.24) is 0 Å². The zero-order valence-electron chi connectivity index (χ0n) is 7.55. The van der Waals surface area contributed by atoms with Crippen LogP contribution in [-0.2, 0) is 6.42 Å². The van der Waals surface area contributed by atoms with Crippen LogP contribution in [-0.4, -0.2) is 16.8 Å². The first kappa shape index (κ1) is 10.5. The first-order valence-corrected chi connectivity index (χ1v) is 5.04. The fourth-order valence-corrected chi connectivity index (χ4v) is 1.81. The van der Waals surface area contributed by atoms with Gasteiger partial charge in [-0.2, -0.15) is 0 Å². The summed E-state index contributed by atoms with van der Waals surface area (Å²) in [6.45, 7) is 2.04. The quantitative estimate of drug-likeness (QED) is 0.858. The van der Waals surface area contributed by atoms with Crippen LogP contribution in [0, 0.1) is 6.92 Å². The van der Waals surface area contributed by atoms with Gasteiger partial charge in [0, 0.05) is 6.61 Å². The molecule has 0 saturated carbocycles. The number of hydrogen-bond donors (Lipinski definition) is 2. The maximum absolute atomic E-state index is 9.58. The molecule has 0 saturated heterocycles. The fourth-order valence-electron chi connectivity index (χ4n) is 1.17. The summed E-state index contributed by atoms with van der Waals surface area (Å²) in [6, 6.07) is 3.85. The number of aliphatic hydroxyl groups is 1. The number of halogens is 1. The van der Waals surface area contributed by atoms with Crippen molar-refractivity contribution in [3.63, 3.8) is 0 Å². The lowest BCUT2D eigenvalue weighted by Crippen LogP contribution is -1.91. The van der Waals surface area contributed by atoms with Crippen molar-refractivity contribution in [2.45, 2.75) is 19.8 Å². The number of aryl methyl sites for hydroxylation is 2. The Bertz CT molecular complexity index is 297. The molecule has 0 radical (unpaired) electrons. The molecule has 1 aromatic carbocycles. The van der Waals surface area contributed by atoms with Crippen LogP contribution in [0.4, 0.5) is 0 Å². The van der Waals surface area contributed by atoms with Crippen LogP contribution in [0.2, 0.25) is 0 Å². The molecule has 0 fully saturated rings. The molecule has 0 aliphatic heterocycles. The molecular formula is C10H13BrO2. The average molecular weight is 245 g/mol. The van der Waals surface area contributed by atoms with Gasteiger partial charge in [-0.3, -0.25) is 0 Å². The number of aliphatic hydroxyl groups excluding tert-OH is 1. The second-order valence-corrected chi connectivity index (χ2v) is 3.82. The second-order valence-electron chi connectivity index (χ2n) is 3.03. The smallest absolute Gasteiger partial charge is 0.132 e. The molecule has 0 aromatic heterocycles. The summed E-state index contributed by atoms with van der Waals surface area (Å²) in [7, 11) is 0. The van der Waals surface area contributed by atoms with Crippen molar-refractivity contribution in [1.29, 1.82) is 0 Å². The van der Waals surface area contributed by atoms with Crippen molar-refractivity contribution in [3.8, 4) is 5.75 Å². The zero-order chi connectivity index (χ0) is 9.84. The molecule has 0 aliphatic carbocycles. The van der Waals surface area contributed by atoms with Crippen molar-refractivity contribution < 1.29 is 10.2 Å². The standard InChI is InChI=1S/C10H13BrO2/c1-7-4-5-8(3-2-6-12)9(11)10(7)13/h4-5,12-13H,2-3,6H2,1H3. The molecule has 2 N–H and O–H groups in total. The van der Waals surface area contributed by atoms with Crippen LogP contribution in [0.3, 0.4) is 0 Å². The van der Waals surface area contributed by atoms with Gasteiger partial charge in [0.1, 0.15) is 5.75 Å². The Morgan fingerprint density at radius 2 is 2.08 bits per heavy atom. The summed E-state index contributed by atoms with van der Waals surface area (Å²) in [5, 5.41) is 18.2. The Kier molecular flexibility index (Phi) is 3.75. The average Bonchev–Trinajstić information content (AvgIpc) is 2.13. The summed E-state index contributed by atoms with van der Waals surface area (Å²) in [6.07, 6.45) is 1.51. The molecule has 0 heterocycles. The van der Waals surface area contributed by atoms with Crippen molar-refractivity contribution >= 4 is 15.9 Å². The van der Waals surface area contributed by atoms with Crippen molar-refractivity contribution in [2.75, 3.05) is 6.61 Å². The summed E-state index contributed by atoms with van der Waals surface area (Å²) >= 11 is 3.33. The number of phenolic OH excluding ortho intramolecular Hbond substituents is 1. The van der Waals surface area contributed by atoms with Gasteiger partial charge >= 0.3 is 0 Å². The maximum Gasteiger partial charge on any atom is 0.132 e. The van der Waals surface area contributed by atoms with Crippen LogP contribution in [0.5, 0.6) is 5.75 Å². The third kappa shape index (κ3) is 2.45. The van der Waals surface area contributed by atoms with E-state index in [2.05, 4.69) is 15.9 Å². The molecule has 0 spiro atoms. The van der Waals surface area contributed by atoms with Gasteiger partial charge in [0.2, 0.25) is 0 Å². The Morgan fingerprint density at radius 1 is 1.38 bits per heavy atom. The number of hydrogen-bond acceptors (Lipinski definition) is 2. The van der Waals surface area contributed by atoms with Gasteiger partial charge in [-0.25, -0.2) is 0 Å². The zero-order valence-corrected chi connectivity index (χ0v) is 9.13. The Morgan fingerprint density at radius 3 is 2.69 bits per heavy atom. The van der Waals surface area contributed by atoms with Gasteiger partial charge in [0.15, 0.2) is 0 Å². The Hall–Kier alpha value is -0.540. The highest BCUT2D eigenvalue weighted by molar-refractivity contribution is 9.10. The lowest BCUT2D eigenvalue weighted by molar-refractivity contribution is 0.288. The van der Waals surface area contributed by atoms with Gasteiger partial charge in [-0.1, -0.05) is 12.1 Å². The van der Waals surface area contributed by atoms with Crippen LogP contribution >= 0.6 is 15.9 Å². The summed E-state index contributed by atoms with van der Waals surface area (Å²) in [5.41, 5.74) is 1.90. The van der Waals surface area contributed by atoms with Gasteiger partial charge in [0.25, 0.3) is 0 Å². The molecule has 2 nitrogen and oxygen atoms in total. The van der Waals surface area contributed by atoms with Gasteiger partial charge in [-0.15, -0.1) is 0 Å². The molecular weight excluding hydrogens is 232 g/mol. The first-order valence-electron chi connectivity index (χ1n) is 4.24. The number of benzene rings is 1. The third-order valence-electron chi connectivity index (χ3n) is 2.00. The predicted molar refractivity (Wildman–Crippen MR) is 56.0 cm³/mol. The molecule has 0 amide bonds. The van der Waals surface area contributed by atoms with Gasteiger partial charge in [0.05, 0.1) is 4.47 Å². The largest absolute Gasteiger partial charge is 0.506 e. The van der Waals surface area contributed by atoms with Crippen molar-refractivity contribution in [3.05, 3.63) is 27.7 Å². The van der Waals surface area contributed by atoms with Crippen LogP contribution in [0.1, 0.15) is 17.5 Å². The number of phenols is 1. The van der Waals surface area contributed by atoms with E-state index in [-0.39, 0.29) is 6.61 Å². The van der Waals surface area contributed by atoms with E-state index in [1.807, 2.05) is 19.1 Å². The van der Waals surface area contributed by atoms with Crippen LogP contribution in [0.25, 0.3) is 0 Å². The van der Waals surface area contributed by atoms with E-state index in [1.165, 1.54) is 0 Å². The molecule has 0 unspecified atom stereocenters. The molecule has 3 heteroatoms. The first-order chi connectivity index (χ1) is 6.16. The molecule has 0 atom stereocenters. The van der Waals surface area contributed by atoms with Gasteiger partial charge in [-0.05, 0) is 46.8 Å². The van der Waals surface area contributed by atoms with E-state index in [0.29, 0.717) is 5.75 Å². The van der Waals surface area contributed by atoms with Gasteiger partial charge < -0.3 is 10.2 Å². The van der Waals surface area contributed by atoms with E-state index < -0.39 is 0 Å². The van der Waals surface area contributed by atoms with Crippen LogP contribution in [0.15, 0.2) is 16.6 Å². The topological polar surface area (TPSA) is 40.5 Å². The van der Waals surface area contributed by atoms with E-state index in [9.17, 15) is 5.11 Å². The second kappa shape index (κ2) is 4.63. The minimum Gasteiger partial charge on any atom is -0.506 e. The molecule has 13 heavy (non-hydrogen) atoms. The maximum atomic E-state index is 9.58. The van der Waals surface area contributed by atoms with E-state index in [4.69, 9.17) is 5.11 Å². The fraction of sp³-hybridized carbons (Fsp3) is 0.400. The molecule has 1 rings (SSSR count). The highest BCUT2D eigenvalue weighted by Gasteiger charge is 2.06. The van der Waals surface area contributed by atoms with E-state index in [0.717, 1.165) is 28.4 Å². The molecule has 1 aromatic rings. The Labute approximate surface area is 86.3 Å². The summed E-state index contributed by atoms with van der Waals surface area (Å²) in [4.78, 5) is 0. The van der Waals surface area contributed by atoms with Crippen LogP contribution < -0.4 is 0 Å². The highest BCUT2D eigenvalue weighted by atomic mass is 79.9. The lowest BCUT2D eigenvalue weighted by Gasteiger charge is -2.07. The Balaban J connectivity index is 2.90. The number of rotatable bonds is 3. The summed E-state index contributed by atoms with van der Waals surface area (Å²) < 4.78 is 0.751. The number of aromatic hydroxyl groups is 1. The molecule has 0 aliphatic rings. The van der Waals surface area contributed by atoms with Crippen molar-refractivity contribution in [2.24, 2.45) is 0 Å². The minimum absolute atomic E-state index is 0.182.